The van der Waals surface area contributed by atoms with Gasteiger partial charge in [0.15, 0.2) is 5.96 Å². The first-order valence-electron chi connectivity index (χ1n) is 10.2. The maximum absolute atomic E-state index is 9.29. The number of piperidine rings is 1. The average molecular weight is 529 g/mol. The molecule has 0 radical (unpaired) electrons. The van der Waals surface area contributed by atoms with Crippen molar-refractivity contribution < 1.29 is 5.11 Å². The number of nitrogens with zero attached hydrogens (tertiary/aromatic N) is 2. The maximum Gasteiger partial charge on any atom is 0.191 e. The van der Waals surface area contributed by atoms with Crippen LogP contribution in [0.5, 0.6) is 0 Å². The van der Waals surface area contributed by atoms with Crippen molar-refractivity contribution in [1.82, 2.24) is 10.6 Å². The number of thiophene rings is 1. The molecule has 1 aliphatic heterocycles. The number of anilines is 1. The van der Waals surface area contributed by atoms with Crippen molar-refractivity contribution in [2.45, 2.75) is 39.8 Å². The van der Waals surface area contributed by atoms with E-state index in [4.69, 9.17) is 4.99 Å². The Balaban J connectivity index is 0.00000300. The van der Waals surface area contributed by atoms with Crippen LogP contribution in [0.1, 0.15) is 35.8 Å². The van der Waals surface area contributed by atoms with Gasteiger partial charge in [-0.25, -0.2) is 4.99 Å². The second-order valence-electron chi connectivity index (χ2n) is 7.35. The molecule has 3 N–H and O–H groups in total. The van der Waals surface area contributed by atoms with Gasteiger partial charge in [-0.2, -0.15) is 0 Å². The highest BCUT2D eigenvalue weighted by Crippen LogP contribution is 2.23. The van der Waals surface area contributed by atoms with Crippen molar-refractivity contribution in [2.24, 2.45) is 10.9 Å². The molecule has 29 heavy (non-hydrogen) atoms. The third-order valence-electron chi connectivity index (χ3n) is 5.32. The predicted octanol–water partition coefficient (Wildman–Crippen LogP) is 4.14. The van der Waals surface area contributed by atoms with E-state index < -0.39 is 0 Å². The lowest BCUT2D eigenvalue weighted by molar-refractivity contribution is 0.203. The molecule has 1 aliphatic rings. The molecule has 0 atom stereocenters. The number of guanidine groups is 1. The highest BCUT2D eigenvalue weighted by molar-refractivity contribution is 14.0. The largest absolute Gasteiger partial charge is 0.396 e. The van der Waals surface area contributed by atoms with Crippen molar-refractivity contribution in [3.8, 4) is 0 Å². The van der Waals surface area contributed by atoms with Gasteiger partial charge in [0.2, 0.25) is 0 Å². The fraction of sp³-hybridized carbons (Fsp3) is 0.500. The first-order chi connectivity index (χ1) is 13.7. The molecule has 7 heteroatoms. The molecule has 0 saturated carbocycles. The number of halogens is 1. The van der Waals surface area contributed by atoms with Crippen LogP contribution in [0.3, 0.4) is 0 Å². The molecule has 2 aromatic rings. The molecule has 1 fully saturated rings. The lowest BCUT2D eigenvalue weighted by Gasteiger charge is -2.32. The number of aliphatic hydroxyl groups excluding tert-OH is 1. The van der Waals surface area contributed by atoms with Gasteiger partial charge in [0.05, 0.1) is 13.1 Å². The van der Waals surface area contributed by atoms with Crippen LogP contribution in [-0.2, 0) is 13.1 Å². The quantitative estimate of drug-likeness (QED) is 0.287. The summed E-state index contributed by atoms with van der Waals surface area (Å²) in [5, 5.41) is 18.2. The lowest BCUT2D eigenvalue weighted by Crippen LogP contribution is -2.36. The number of aliphatic imine (C=N–C) groups is 1. The number of benzene rings is 1. The van der Waals surface area contributed by atoms with Crippen LogP contribution in [0.15, 0.2) is 40.7 Å². The lowest BCUT2D eigenvalue weighted by atomic mass is 9.97. The van der Waals surface area contributed by atoms with E-state index in [2.05, 4.69) is 65.1 Å². The number of nitrogens with one attached hydrogen (secondary N) is 2. The van der Waals surface area contributed by atoms with Gasteiger partial charge in [-0.15, -0.1) is 35.3 Å². The zero-order valence-electron chi connectivity index (χ0n) is 17.4. The molecule has 1 aromatic carbocycles. The van der Waals surface area contributed by atoms with Crippen LogP contribution >= 0.6 is 35.3 Å². The van der Waals surface area contributed by atoms with Crippen molar-refractivity contribution in [3.63, 3.8) is 0 Å². The summed E-state index contributed by atoms with van der Waals surface area (Å²) in [5.74, 6) is 1.32. The van der Waals surface area contributed by atoms with Gasteiger partial charge >= 0.3 is 0 Å². The van der Waals surface area contributed by atoms with Gasteiger partial charge in [0.25, 0.3) is 0 Å². The summed E-state index contributed by atoms with van der Waals surface area (Å²) in [6.45, 7) is 8.91. The van der Waals surface area contributed by atoms with E-state index in [1.165, 1.54) is 21.7 Å². The van der Waals surface area contributed by atoms with E-state index in [9.17, 15) is 5.11 Å². The summed E-state index contributed by atoms with van der Waals surface area (Å²) >= 11 is 1.78. The summed E-state index contributed by atoms with van der Waals surface area (Å²) < 4.78 is 0. The zero-order chi connectivity index (χ0) is 19.8. The van der Waals surface area contributed by atoms with E-state index in [0.29, 0.717) is 19.1 Å². The first kappa shape index (κ1) is 24.0. The zero-order valence-corrected chi connectivity index (χ0v) is 20.5. The van der Waals surface area contributed by atoms with Crippen LogP contribution in [0, 0.1) is 12.8 Å². The van der Waals surface area contributed by atoms with E-state index in [-0.39, 0.29) is 24.0 Å². The minimum absolute atomic E-state index is 0. The Labute approximate surface area is 195 Å². The second kappa shape index (κ2) is 12.4. The fourth-order valence-electron chi connectivity index (χ4n) is 3.45. The first-order valence-corrected chi connectivity index (χ1v) is 11.1. The van der Waals surface area contributed by atoms with Crippen LogP contribution in [-0.4, -0.2) is 37.3 Å². The SMILES string of the molecule is CCNC(=NCc1ccc(N2CCC(CO)CC2)cc1)NCc1sccc1C.I. The minimum atomic E-state index is 0. The van der Waals surface area contributed by atoms with Gasteiger partial charge in [-0.05, 0) is 67.3 Å². The second-order valence-corrected chi connectivity index (χ2v) is 8.36. The van der Waals surface area contributed by atoms with Gasteiger partial charge in [-0.3, -0.25) is 0 Å². The normalized spacial score (nSPS) is 15.1. The highest BCUT2D eigenvalue weighted by atomic mass is 127. The molecule has 2 heterocycles. The standard InChI is InChI=1S/C22H32N4OS.HI/c1-3-23-22(25-15-21-17(2)10-13-28-21)24-14-18-4-6-20(7-5-18)26-11-8-19(16-27)9-12-26;/h4-7,10,13,19,27H,3,8-9,11-12,14-16H2,1-2H3,(H2,23,24,25);1H. The minimum Gasteiger partial charge on any atom is -0.396 e. The van der Waals surface area contributed by atoms with Crippen LogP contribution in [0.4, 0.5) is 5.69 Å². The maximum atomic E-state index is 9.29. The Morgan fingerprint density at radius 3 is 2.48 bits per heavy atom. The summed E-state index contributed by atoms with van der Waals surface area (Å²) in [7, 11) is 0. The summed E-state index contributed by atoms with van der Waals surface area (Å²) in [4.78, 5) is 8.49. The number of hydrogen-bond acceptors (Lipinski definition) is 4. The fourth-order valence-corrected chi connectivity index (χ4v) is 4.29. The Kier molecular flexibility index (Phi) is 10.2. The number of hydrogen-bond donors (Lipinski definition) is 3. The Morgan fingerprint density at radius 1 is 1.17 bits per heavy atom. The van der Waals surface area contributed by atoms with Gasteiger partial charge in [-0.1, -0.05) is 12.1 Å². The van der Waals surface area contributed by atoms with E-state index >= 15 is 0 Å². The Hall–Kier alpha value is -1.32. The van der Waals surface area contributed by atoms with E-state index in [1.807, 2.05) is 0 Å². The molecule has 160 valence electrons. The third kappa shape index (κ3) is 7.15. The van der Waals surface area contributed by atoms with Crippen LogP contribution in [0.2, 0.25) is 0 Å². The molecule has 0 spiro atoms. The topological polar surface area (TPSA) is 59.9 Å². The number of aryl methyl sites for hydroxylation is 1. The summed E-state index contributed by atoms with van der Waals surface area (Å²) in [6, 6.07) is 10.9. The van der Waals surface area contributed by atoms with Crippen molar-refractivity contribution in [2.75, 3.05) is 31.1 Å². The van der Waals surface area contributed by atoms with Gasteiger partial charge in [0, 0.05) is 36.8 Å². The molecular weight excluding hydrogens is 495 g/mol. The Morgan fingerprint density at radius 2 is 1.90 bits per heavy atom. The molecular formula is C22H33IN4OS. The molecule has 0 amide bonds. The average Bonchev–Trinajstić information content (AvgIpc) is 3.15. The number of aliphatic hydroxyl groups is 1. The van der Waals surface area contributed by atoms with Crippen molar-refractivity contribution in [3.05, 3.63) is 51.7 Å². The molecule has 3 rings (SSSR count). The molecule has 0 bridgehead atoms. The monoisotopic (exact) mass is 528 g/mol. The van der Waals surface area contributed by atoms with E-state index in [1.54, 1.807) is 11.3 Å². The van der Waals surface area contributed by atoms with Crippen molar-refractivity contribution in [1.29, 1.82) is 0 Å². The van der Waals surface area contributed by atoms with Crippen LogP contribution in [0.25, 0.3) is 0 Å². The van der Waals surface area contributed by atoms with Crippen LogP contribution < -0.4 is 15.5 Å². The number of rotatable bonds is 7. The highest BCUT2D eigenvalue weighted by Gasteiger charge is 2.18. The van der Waals surface area contributed by atoms with Gasteiger partial charge in [0.1, 0.15) is 0 Å². The molecule has 1 aromatic heterocycles. The van der Waals surface area contributed by atoms with E-state index in [0.717, 1.165) is 45.0 Å². The van der Waals surface area contributed by atoms with Crippen molar-refractivity contribution >= 4 is 47.0 Å². The van der Waals surface area contributed by atoms with Gasteiger partial charge < -0.3 is 20.6 Å². The smallest absolute Gasteiger partial charge is 0.191 e. The molecule has 0 aliphatic carbocycles. The summed E-state index contributed by atoms with van der Waals surface area (Å²) in [5.41, 5.74) is 3.80. The predicted molar refractivity (Wildman–Crippen MR) is 135 cm³/mol. The Bertz CT molecular complexity index is 754. The third-order valence-corrected chi connectivity index (χ3v) is 6.35. The molecule has 0 unspecified atom stereocenters. The molecule has 5 nitrogen and oxygen atoms in total. The summed E-state index contributed by atoms with van der Waals surface area (Å²) in [6.07, 6.45) is 2.15. The molecule has 1 saturated heterocycles.